The molecule has 1 aromatic carbocycles. The monoisotopic (exact) mass is 285 g/mol. The fourth-order valence-corrected chi connectivity index (χ4v) is 1.03. The highest BCUT2D eigenvalue weighted by Crippen LogP contribution is 2.08. The zero-order valence-electron chi connectivity index (χ0n) is 6.88. The number of carbonyl (C=O) groups excluding carboxylic acids is 1. The minimum Gasteiger partial charge on any atom is -0.325 e. The molecule has 0 heterocycles. The van der Waals surface area contributed by atoms with Crippen molar-refractivity contribution in [2.45, 2.75) is 0 Å². The number of benzene rings is 1. The Morgan fingerprint density at radius 1 is 1.46 bits per heavy atom. The zero-order valence-corrected chi connectivity index (χ0v) is 9.04. The fourth-order valence-electron chi connectivity index (χ4n) is 0.844. The van der Waals surface area contributed by atoms with Gasteiger partial charge in [0.15, 0.2) is 0 Å². The molecule has 1 aromatic rings. The van der Waals surface area contributed by atoms with E-state index in [0.29, 0.717) is 4.43 Å². The van der Waals surface area contributed by atoms with Crippen molar-refractivity contribution in [1.29, 1.82) is 0 Å². The molecule has 0 atom stereocenters. The summed E-state index contributed by atoms with van der Waals surface area (Å²) in [5.74, 6) is 2.50. The van der Waals surface area contributed by atoms with Gasteiger partial charge in [-0.15, -0.1) is 6.42 Å². The van der Waals surface area contributed by atoms with Gasteiger partial charge in [0.1, 0.15) is 0 Å². The number of halogens is 1. The third-order valence-electron chi connectivity index (χ3n) is 1.46. The molecule has 0 aliphatic heterocycles. The van der Waals surface area contributed by atoms with Crippen LogP contribution in [0.1, 0.15) is 5.56 Å². The highest BCUT2D eigenvalue weighted by molar-refractivity contribution is 14.1. The van der Waals surface area contributed by atoms with Gasteiger partial charge in [-0.1, -0.05) is 28.5 Å². The molecule has 0 aliphatic carbocycles. The van der Waals surface area contributed by atoms with Gasteiger partial charge in [0.25, 0.3) is 0 Å². The molecule has 13 heavy (non-hydrogen) atoms. The second kappa shape index (κ2) is 4.87. The van der Waals surface area contributed by atoms with Crippen molar-refractivity contribution in [2.24, 2.45) is 0 Å². The summed E-state index contributed by atoms with van der Waals surface area (Å²) in [5.41, 5.74) is 1.59. The van der Waals surface area contributed by atoms with E-state index in [2.05, 4.69) is 11.2 Å². The molecule has 3 heteroatoms. The summed E-state index contributed by atoms with van der Waals surface area (Å²) in [5, 5.41) is 2.73. The summed E-state index contributed by atoms with van der Waals surface area (Å²) >= 11 is 2.01. The molecular weight excluding hydrogens is 277 g/mol. The number of nitrogens with one attached hydrogen (secondary N) is 1. The molecule has 0 unspecified atom stereocenters. The highest BCUT2D eigenvalue weighted by atomic mass is 127. The SMILES string of the molecule is C#Cc1ccc(NC(=O)CI)cc1. The summed E-state index contributed by atoms with van der Waals surface area (Å²) < 4.78 is 0.453. The smallest absolute Gasteiger partial charge is 0.234 e. The highest BCUT2D eigenvalue weighted by Gasteiger charge is 1.98. The van der Waals surface area contributed by atoms with Crippen molar-refractivity contribution in [2.75, 3.05) is 9.74 Å². The molecule has 0 fully saturated rings. The van der Waals surface area contributed by atoms with Crippen LogP contribution < -0.4 is 5.32 Å². The largest absolute Gasteiger partial charge is 0.325 e. The number of amides is 1. The molecule has 0 saturated carbocycles. The number of carbonyl (C=O) groups is 1. The standard InChI is InChI=1S/C10H8INO/c1-2-8-3-5-9(6-4-8)12-10(13)7-11/h1,3-6H,7H2,(H,12,13). The first kappa shape index (κ1) is 10.1. The molecule has 0 spiro atoms. The maximum absolute atomic E-state index is 11.0. The topological polar surface area (TPSA) is 29.1 Å². The first-order valence-corrected chi connectivity index (χ1v) is 5.21. The zero-order chi connectivity index (χ0) is 9.68. The predicted octanol–water partition coefficient (Wildman–Crippen LogP) is 2.04. The Morgan fingerprint density at radius 3 is 2.54 bits per heavy atom. The quantitative estimate of drug-likeness (QED) is 0.503. The fraction of sp³-hybridized carbons (Fsp3) is 0.100. The third kappa shape index (κ3) is 3.07. The summed E-state index contributed by atoms with van der Waals surface area (Å²) in [4.78, 5) is 11.0. The van der Waals surface area contributed by atoms with Gasteiger partial charge < -0.3 is 5.32 Å². The van der Waals surface area contributed by atoms with Crippen LogP contribution in [-0.2, 0) is 4.79 Å². The van der Waals surface area contributed by atoms with Crippen LogP contribution in [-0.4, -0.2) is 10.3 Å². The molecule has 1 amide bonds. The van der Waals surface area contributed by atoms with Gasteiger partial charge in [0, 0.05) is 11.3 Å². The van der Waals surface area contributed by atoms with E-state index in [9.17, 15) is 4.79 Å². The number of rotatable bonds is 2. The minimum atomic E-state index is -0.00550. The molecule has 0 radical (unpaired) electrons. The van der Waals surface area contributed by atoms with Crippen LogP contribution >= 0.6 is 22.6 Å². The summed E-state index contributed by atoms with van der Waals surface area (Å²) in [6.45, 7) is 0. The molecule has 1 N–H and O–H groups in total. The van der Waals surface area contributed by atoms with Crippen molar-refractivity contribution in [1.82, 2.24) is 0 Å². The number of alkyl halides is 1. The Hall–Kier alpha value is -1.02. The van der Waals surface area contributed by atoms with Gasteiger partial charge in [-0.05, 0) is 24.3 Å². The van der Waals surface area contributed by atoms with Gasteiger partial charge in [-0.3, -0.25) is 4.79 Å². The van der Waals surface area contributed by atoms with E-state index in [-0.39, 0.29) is 5.91 Å². The van der Waals surface area contributed by atoms with E-state index >= 15 is 0 Å². The average molecular weight is 285 g/mol. The van der Waals surface area contributed by atoms with Crippen molar-refractivity contribution < 1.29 is 4.79 Å². The maximum atomic E-state index is 11.0. The number of hydrogen-bond donors (Lipinski definition) is 1. The molecular formula is C10H8INO. The van der Waals surface area contributed by atoms with Crippen molar-refractivity contribution in [3.05, 3.63) is 29.8 Å². The summed E-state index contributed by atoms with van der Waals surface area (Å²) in [6.07, 6.45) is 5.19. The molecule has 2 nitrogen and oxygen atoms in total. The molecule has 0 bridgehead atoms. The van der Waals surface area contributed by atoms with Gasteiger partial charge in [-0.25, -0.2) is 0 Å². The number of hydrogen-bond acceptors (Lipinski definition) is 1. The number of anilines is 1. The van der Waals surface area contributed by atoms with Crippen LogP contribution in [0, 0.1) is 12.3 Å². The van der Waals surface area contributed by atoms with Crippen molar-refractivity contribution in [3.63, 3.8) is 0 Å². The first-order valence-electron chi connectivity index (χ1n) is 3.68. The van der Waals surface area contributed by atoms with Gasteiger partial charge in [0.05, 0.1) is 4.43 Å². The second-order valence-electron chi connectivity index (χ2n) is 2.40. The molecule has 1 rings (SSSR count). The lowest BCUT2D eigenvalue weighted by atomic mass is 10.2. The lowest BCUT2D eigenvalue weighted by Gasteiger charge is -2.01. The van der Waals surface area contributed by atoms with Gasteiger partial charge in [-0.2, -0.15) is 0 Å². The van der Waals surface area contributed by atoms with Crippen molar-refractivity contribution >= 4 is 34.2 Å². The Labute approximate surface area is 90.9 Å². The van der Waals surface area contributed by atoms with Crippen LogP contribution in [0.15, 0.2) is 24.3 Å². The molecule has 0 aliphatic rings. The Morgan fingerprint density at radius 2 is 2.08 bits per heavy atom. The van der Waals surface area contributed by atoms with E-state index in [1.807, 2.05) is 22.6 Å². The Bertz CT molecular complexity index is 337. The van der Waals surface area contributed by atoms with E-state index in [1.54, 1.807) is 24.3 Å². The van der Waals surface area contributed by atoms with Crippen molar-refractivity contribution in [3.8, 4) is 12.3 Å². The van der Waals surface area contributed by atoms with Gasteiger partial charge >= 0.3 is 0 Å². The van der Waals surface area contributed by atoms with E-state index in [0.717, 1.165) is 11.3 Å². The van der Waals surface area contributed by atoms with Crippen LogP contribution in [0.2, 0.25) is 0 Å². The lowest BCUT2D eigenvalue weighted by molar-refractivity contribution is -0.113. The normalized spacial score (nSPS) is 8.92. The van der Waals surface area contributed by atoms with Crippen LogP contribution in [0.25, 0.3) is 0 Å². The minimum absolute atomic E-state index is 0.00550. The molecule has 0 saturated heterocycles. The lowest BCUT2D eigenvalue weighted by Crippen LogP contribution is -2.11. The van der Waals surface area contributed by atoms with Crippen LogP contribution in [0.3, 0.4) is 0 Å². The number of terminal acetylenes is 1. The third-order valence-corrected chi connectivity index (χ3v) is 2.15. The predicted molar refractivity (Wildman–Crippen MR) is 61.9 cm³/mol. The van der Waals surface area contributed by atoms with Crippen LogP contribution in [0.4, 0.5) is 5.69 Å². The van der Waals surface area contributed by atoms with Crippen LogP contribution in [0.5, 0.6) is 0 Å². The molecule has 0 aromatic heterocycles. The maximum Gasteiger partial charge on any atom is 0.234 e. The molecule has 66 valence electrons. The second-order valence-corrected chi connectivity index (χ2v) is 3.17. The Kier molecular flexibility index (Phi) is 3.77. The average Bonchev–Trinajstić information content (AvgIpc) is 2.19. The first-order chi connectivity index (χ1) is 6.26. The Balaban J connectivity index is 2.71. The van der Waals surface area contributed by atoms with E-state index in [1.165, 1.54) is 0 Å². The van der Waals surface area contributed by atoms with Gasteiger partial charge in [0.2, 0.25) is 5.91 Å². The van der Waals surface area contributed by atoms with E-state index in [4.69, 9.17) is 6.42 Å². The summed E-state index contributed by atoms with van der Waals surface area (Å²) in [7, 11) is 0. The van der Waals surface area contributed by atoms with E-state index < -0.39 is 0 Å². The summed E-state index contributed by atoms with van der Waals surface area (Å²) in [6, 6.07) is 7.17.